The molecule has 1 aliphatic carbocycles. The molecule has 0 aliphatic heterocycles. The van der Waals surface area contributed by atoms with Crippen LogP contribution in [-0.4, -0.2) is 24.0 Å². The summed E-state index contributed by atoms with van der Waals surface area (Å²) in [4.78, 5) is 32.5. The molecule has 37 heavy (non-hydrogen) atoms. The third-order valence-electron chi connectivity index (χ3n) is 6.87. The zero-order chi connectivity index (χ0) is 25.9. The van der Waals surface area contributed by atoms with Gasteiger partial charge < -0.3 is 10.1 Å². The van der Waals surface area contributed by atoms with Crippen molar-refractivity contribution in [2.24, 2.45) is 0 Å². The van der Waals surface area contributed by atoms with E-state index in [1.165, 1.54) is 24.0 Å². The molecule has 0 radical (unpaired) electrons. The molecule has 4 aromatic rings. The van der Waals surface area contributed by atoms with Crippen molar-refractivity contribution in [3.8, 4) is 11.3 Å². The average molecular weight is 578 g/mol. The number of thiophene rings is 1. The Morgan fingerprint density at radius 3 is 2.62 bits per heavy atom. The van der Waals surface area contributed by atoms with Crippen LogP contribution < -0.4 is 5.32 Å². The Morgan fingerprint density at radius 2 is 1.86 bits per heavy atom. The Morgan fingerprint density at radius 1 is 1.08 bits per heavy atom. The first-order valence-corrected chi connectivity index (χ1v) is 14.3. The van der Waals surface area contributed by atoms with Crippen molar-refractivity contribution in [3.05, 3.63) is 80.1 Å². The number of hydrogen-bond acceptors (Lipinski definition) is 5. The van der Waals surface area contributed by atoms with E-state index in [9.17, 15) is 9.59 Å². The van der Waals surface area contributed by atoms with Gasteiger partial charge in [0.25, 0.3) is 5.91 Å². The highest BCUT2D eigenvalue weighted by Crippen LogP contribution is 2.39. The van der Waals surface area contributed by atoms with E-state index < -0.39 is 5.97 Å². The van der Waals surface area contributed by atoms with E-state index in [0.29, 0.717) is 16.1 Å². The molecule has 0 unspecified atom stereocenters. The third-order valence-corrected chi connectivity index (χ3v) is 8.57. The molecule has 0 bridgehead atoms. The van der Waals surface area contributed by atoms with Crippen LogP contribution in [0.1, 0.15) is 69.3 Å². The van der Waals surface area contributed by atoms with E-state index in [0.717, 1.165) is 82.0 Å². The molecule has 0 saturated carbocycles. The third kappa shape index (κ3) is 5.34. The Bertz CT molecular complexity index is 1480. The van der Waals surface area contributed by atoms with Crippen LogP contribution in [0.5, 0.6) is 0 Å². The number of nitrogens with zero attached hydrogens (tertiary/aromatic N) is 1. The lowest BCUT2D eigenvalue weighted by Gasteiger charge is -2.13. The average Bonchev–Trinajstić information content (AvgIpc) is 3.28. The van der Waals surface area contributed by atoms with Gasteiger partial charge in [-0.1, -0.05) is 53.5 Å². The number of carbonyl (C=O) groups is 2. The second-order valence-electron chi connectivity index (χ2n) is 9.38. The lowest BCUT2D eigenvalue weighted by atomic mass is 9.95. The molecule has 0 saturated heterocycles. The van der Waals surface area contributed by atoms with Crippen LogP contribution in [0.15, 0.2) is 53.0 Å². The zero-order valence-corrected chi connectivity index (χ0v) is 23.4. The number of ether oxygens (including phenoxy) is 1. The van der Waals surface area contributed by atoms with Crippen molar-refractivity contribution >= 4 is 55.0 Å². The van der Waals surface area contributed by atoms with Crippen molar-refractivity contribution < 1.29 is 14.3 Å². The molecule has 0 fully saturated rings. The quantitative estimate of drug-likeness (QED) is 0.226. The molecule has 7 heteroatoms. The molecule has 2 aromatic heterocycles. The molecule has 1 N–H and O–H groups in total. The monoisotopic (exact) mass is 576 g/mol. The number of halogens is 1. The first kappa shape index (κ1) is 25.6. The summed E-state index contributed by atoms with van der Waals surface area (Å²) < 4.78 is 5.95. The summed E-state index contributed by atoms with van der Waals surface area (Å²) in [5, 5.41) is 4.36. The van der Waals surface area contributed by atoms with Gasteiger partial charge in [0.15, 0.2) is 0 Å². The molecular weight excluding hydrogens is 548 g/mol. The minimum Gasteiger partial charge on any atom is -0.465 e. The number of esters is 1. The minimum atomic E-state index is -0.402. The fourth-order valence-corrected chi connectivity index (χ4v) is 6.53. The highest BCUT2D eigenvalue weighted by Gasteiger charge is 2.27. The zero-order valence-electron chi connectivity index (χ0n) is 21.0. The van der Waals surface area contributed by atoms with Crippen LogP contribution in [0.4, 0.5) is 5.00 Å². The van der Waals surface area contributed by atoms with Crippen molar-refractivity contribution in [1.82, 2.24) is 4.98 Å². The Kier molecular flexibility index (Phi) is 7.72. The van der Waals surface area contributed by atoms with Crippen molar-refractivity contribution in [2.75, 3.05) is 12.4 Å². The van der Waals surface area contributed by atoms with Crippen molar-refractivity contribution in [2.45, 2.75) is 51.9 Å². The number of aromatic nitrogens is 1. The number of pyridine rings is 1. The van der Waals surface area contributed by atoms with Gasteiger partial charge in [0.1, 0.15) is 5.00 Å². The van der Waals surface area contributed by atoms with E-state index in [4.69, 9.17) is 9.72 Å². The second kappa shape index (κ2) is 11.2. The van der Waals surface area contributed by atoms with E-state index >= 15 is 0 Å². The molecule has 5 nitrogen and oxygen atoms in total. The minimum absolute atomic E-state index is 0.268. The maximum Gasteiger partial charge on any atom is 0.341 e. The molecule has 1 amide bonds. The summed E-state index contributed by atoms with van der Waals surface area (Å²) in [5.74, 6) is -0.670. The van der Waals surface area contributed by atoms with Crippen molar-refractivity contribution in [3.63, 3.8) is 0 Å². The number of anilines is 1. The van der Waals surface area contributed by atoms with Crippen LogP contribution in [0.2, 0.25) is 0 Å². The Balaban J connectivity index is 1.55. The number of aryl methyl sites for hydroxylation is 2. The SMILES string of the molecule is CCCCc1ccc(-c2cc(C(=O)Nc3sc4c(c3C(=O)OC)CCCC4)c3cc(Br)ccc3n2)cc1. The second-order valence-corrected chi connectivity index (χ2v) is 11.4. The van der Waals surface area contributed by atoms with Crippen molar-refractivity contribution in [1.29, 1.82) is 0 Å². The van der Waals surface area contributed by atoms with E-state index in [1.807, 2.05) is 24.3 Å². The van der Waals surface area contributed by atoms with Gasteiger partial charge in [0.05, 0.1) is 29.4 Å². The molecule has 1 aliphatic rings. The number of hydrogen-bond donors (Lipinski definition) is 1. The Hall–Kier alpha value is -3.03. The predicted octanol–water partition coefficient (Wildman–Crippen LogP) is 7.99. The topological polar surface area (TPSA) is 68.3 Å². The Labute approximate surface area is 229 Å². The fraction of sp³-hybridized carbons (Fsp3) is 0.300. The summed E-state index contributed by atoms with van der Waals surface area (Å²) in [6, 6.07) is 16.0. The lowest BCUT2D eigenvalue weighted by Crippen LogP contribution is -2.16. The summed E-state index contributed by atoms with van der Waals surface area (Å²) in [6.45, 7) is 2.19. The number of rotatable bonds is 7. The highest BCUT2D eigenvalue weighted by molar-refractivity contribution is 9.10. The molecule has 5 rings (SSSR count). The number of fused-ring (bicyclic) bond motifs is 2. The number of carbonyl (C=O) groups excluding carboxylic acids is 2. The summed E-state index contributed by atoms with van der Waals surface area (Å²) in [6.07, 6.45) is 7.24. The van der Waals surface area contributed by atoms with Gasteiger partial charge in [-0.05, 0) is 73.9 Å². The van der Waals surface area contributed by atoms with E-state index in [1.54, 1.807) is 0 Å². The number of methoxy groups -OCH3 is 1. The molecule has 0 spiro atoms. The molecule has 0 atom stereocenters. The van der Waals surface area contributed by atoms with Crippen LogP contribution >= 0.6 is 27.3 Å². The van der Waals surface area contributed by atoms with Gasteiger partial charge in [0, 0.05) is 20.3 Å². The van der Waals surface area contributed by atoms with Crippen LogP contribution in [0, 0.1) is 0 Å². The number of benzene rings is 2. The standard InChI is InChI=1S/C30H29BrN2O3S/c1-3-4-7-18-10-12-19(13-11-18)25-17-23(22-16-20(31)14-15-24(22)32-25)28(34)33-29-27(30(35)36-2)21-8-5-6-9-26(21)37-29/h10-17H,3-9H2,1-2H3,(H,33,34). The molecule has 2 heterocycles. The predicted molar refractivity (Wildman–Crippen MR) is 154 cm³/mol. The maximum atomic E-state index is 13.8. The maximum absolute atomic E-state index is 13.8. The lowest BCUT2D eigenvalue weighted by molar-refractivity contribution is 0.0601. The van der Waals surface area contributed by atoms with Crippen LogP contribution in [0.3, 0.4) is 0 Å². The molecule has 2 aromatic carbocycles. The van der Waals surface area contributed by atoms with Gasteiger partial charge in [-0.15, -0.1) is 11.3 Å². The molecule has 190 valence electrons. The fourth-order valence-electron chi connectivity index (χ4n) is 4.90. The van der Waals surface area contributed by atoms with E-state index in [2.05, 4.69) is 52.4 Å². The van der Waals surface area contributed by atoms with Crippen LogP contribution in [0.25, 0.3) is 22.2 Å². The largest absolute Gasteiger partial charge is 0.465 e. The number of amides is 1. The van der Waals surface area contributed by atoms with Gasteiger partial charge in [-0.25, -0.2) is 9.78 Å². The number of unbranched alkanes of at least 4 members (excludes halogenated alkanes) is 1. The van der Waals surface area contributed by atoms with E-state index in [-0.39, 0.29) is 5.91 Å². The highest BCUT2D eigenvalue weighted by atomic mass is 79.9. The van der Waals surface area contributed by atoms with Gasteiger partial charge >= 0.3 is 5.97 Å². The van der Waals surface area contributed by atoms with Crippen LogP contribution in [-0.2, 0) is 24.0 Å². The van der Waals surface area contributed by atoms with Gasteiger partial charge in [0.2, 0.25) is 0 Å². The van der Waals surface area contributed by atoms with Gasteiger partial charge in [-0.2, -0.15) is 0 Å². The summed E-state index contributed by atoms with van der Waals surface area (Å²) >= 11 is 5.02. The normalized spacial score (nSPS) is 12.8. The number of nitrogens with one attached hydrogen (secondary N) is 1. The first-order chi connectivity index (χ1) is 18.0. The summed E-state index contributed by atoms with van der Waals surface area (Å²) in [5.41, 5.74) is 5.76. The summed E-state index contributed by atoms with van der Waals surface area (Å²) in [7, 11) is 1.38. The molecular formula is C30H29BrN2O3S. The smallest absolute Gasteiger partial charge is 0.341 e. The first-order valence-electron chi connectivity index (χ1n) is 12.7. The van der Waals surface area contributed by atoms with Gasteiger partial charge in [-0.3, -0.25) is 4.79 Å².